The normalized spacial score (nSPS) is 14.2. The summed E-state index contributed by atoms with van der Waals surface area (Å²) in [6, 6.07) is 10.7. The van der Waals surface area contributed by atoms with Crippen molar-refractivity contribution < 1.29 is 9.53 Å². The molecule has 7 heteroatoms. The van der Waals surface area contributed by atoms with E-state index in [0.717, 1.165) is 47.2 Å². The molecule has 154 valence electrons. The Bertz CT molecular complexity index is 1030. The molecule has 1 aliphatic heterocycles. The molecule has 29 heavy (non-hydrogen) atoms. The van der Waals surface area contributed by atoms with Gasteiger partial charge in [0.05, 0.1) is 18.5 Å². The highest BCUT2D eigenvalue weighted by molar-refractivity contribution is 5.85. The largest absolute Gasteiger partial charge is 0.466 e. The lowest BCUT2D eigenvalue weighted by Crippen LogP contribution is -2.24. The van der Waals surface area contributed by atoms with Gasteiger partial charge < -0.3 is 10.1 Å². The second kappa shape index (κ2) is 8.93. The monoisotopic (exact) mass is 414 g/mol. The van der Waals surface area contributed by atoms with Gasteiger partial charge in [0.25, 0.3) is 0 Å². The maximum atomic E-state index is 12.4. The minimum atomic E-state index is -0.179. The second-order valence-electron chi connectivity index (χ2n) is 7.38. The fourth-order valence-corrected chi connectivity index (χ4v) is 4.14. The number of carbonyl (C=O) groups excluding carboxylic acids is 1. The molecule has 0 radical (unpaired) electrons. The van der Waals surface area contributed by atoms with Gasteiger partial charge in [0, 0.05) is 19.5 Å². The number of hydrogen-bond acceptors (Lipinski definition) is 5. The molecular formula is C22H27ClN4O2. The van der Waals surface area contributed by atoms with Gasteiger partial charge in [-0.15, -0.1) is 17.5 Å². The van der Waals surface area contributed by atoms with E-state index in [4.69, 9.17) is 4.74 Å². The number of hydrogen-bond donors (Lipinski definition) is 1. The van der Waals surface area contributed by atoms with Crippen LogP contribution in [0, 0.1) is 6.92 Å². The number of halogens is 1. The molecule has 1 atom stereocenters. The van der Waals surface area contributed by atoms with Gasteiger partial charge in [0.2, 0.25) is 0 Å². The Balaban J connectivity index is 0.00000240. The number of nitrogens with zero attached hydrogens (tertiary/aromatic N) is 3. The van der Waals surface area contributed by atoms with Crippen molar-refractivity contribution in [1.29, 1.82) is 0 Å². The Kier molecular flexibility index (Phi) is 6.55. The van der Waals surface area contributed by atoms with Crippen LogP contribution in [0.3, 0.4) is 0 Å². The number of aryl methyl sites for hydroxylation is 2. The SMILES string of the molecule is CCOC(=O)CC(c1ccc2c(c1)CNCC2)c1ccc2c(nnn2C)c1C.Cl. The Hall–Kier alpha value is -2.44. The van der Waals surface area contributed by atoms with Crippen LogP contribution in [0.1, 0.15) is 47.1 Å². The topological polar surface area (TPSA) is 69.0 Å². The Morgan fingerprint density at radius 2 is 2.10 bits per heavy atom. The number of aromatic nitrogens is 3. The average molecular weight is 415 g/mol. The lowest BCUT2D eigenvalue weighted by molar-refractivity contribution is -0.143. The van der Waals surface area contributed by atoms with Gasteiger partial charge >= 0.3 is 5.97 Å². The first-order valence-electron chi connectivity index (χ1n) is 9.85. The molecule has 1 N–H and O–H groups in total. The zero-order chi connectivity index (χ0) is 19.7. The maximum absolute atomic E-state index is 12.4. The molecule has 6 nitrogen and oxygen atoms in total. The van der Waals surface area contributed by atoms with Crippen LogP contribution in [0.2, 0.25) is 0 Å². The molecule has 0 bridgehead atoms. The third-order valence-corrected chi connectivity index (χ3v) is 5.65. The van der Waals surface area contributed by atoms with Crippen molar-refractivity contribution in [3.63, 3.8) is 0 Å². The molecule has 0 saturated heterocycles. The summed E-state index contributed by atoms with van der Waals surface area (Å²) in [5, 5.41) is 11.9. The van der Waals surface area contributed by atoms with Gasteiger partial charge in [-0.1, -0.05) is 29.5 Å². The fourth-order valence-electron chi connectivity index (χ4n) is 4.14. The van der Waals surface area contributed by atoms with E-state index in [-0.39, 0.29) is 24.3 Å². The minimum Gasteiger partial charge on any atom is -0.466 e. The van der Waals surface area contributed by atoms with Crippen LogP contribution in [0.5, 0.6) is 0 Å². The van der Waals surface area contributed by atoms with Crippen LogP contribution in [0.25, 0.3) is 11.0 Å². The molecule has 0 saturated carbocycles. The highest BCUT2D eigenvalue weighted by Gasteiger charge is 2.24. The van der Waals surface area contributed by atoms with Gasteiger partial charge in [-0.05, 0) is 60.7 Å². The van der Waals surface area contributed by atoms with Crippen molar-refractivity contribution in [3.8, 4) is 0 Å². The van der Waals surface area contributed by atoms with Crippen molar-refractivity contribution in [1.82, 2.24) is 20.3 Å². The molecule has 4 rings (SSSR count). The van der Waals surface area contributed by atoms with Crippen molar-refractivity contribution in [2.45, 2.75) is 39.2 Å². The number of carbonyl (C=O) groups is 1. The van der Waals surface area contributed by atoms with Crippen LogP contribution in [-0.2, 0) is 29.5 Å². The first-order chi connectivity index (χ1) is 13.6. The van der Waals surface area contributed by atoms with E-state index in [1.54, 1.807) is 4.68 Å². The van der Waals surface area contributed by atoms with E-state index in [1.165, 1.54) is 11.1 Å². The molecule has 0 aliphatic carbocycles. The summed E-state index contributed by atoms with van der Waals surface area (Å²) in [4.78, 5) is 12.4. The van der Waals surface area contributed by atoms with Crippen molar-refractivity contribution in [2.24, 2.45) is 7.05 Å². The Labute approximate surface area is 177 Å². The van der Waals surface area contributed by atoms with Crippen LogP contribution < -0.4 is 5.32 Å². The summed E-state index contributed by atoms with van der Waals surface area (Å²) >= 11 is 0. The molecule has 0 fully saturated rings. The van der Waals surface area contributed by atoms with Crippen LogP contribution in [-0.4, -0.2) is 34.1 Å². The van der Waals surface area contributed by atoms with Gasteiger partial charge in [-0.3, -0.25) is 4.79 Å². The molecule has 0 spiro atoms. The summed E-state index contributed by atoms with van der Waals surface area (Å²) in [7, 11) is 1.89. The van der Waals surface area contributed by atoms with Crippen LogP contribution >= 0.6 is 12.4 Å². The standard InChI is InChI=1S/C22H26N4O2.ClH/c1-4-28-21(27)12-19(16-6-5-15-9-10-23-13-17(15)11-16)18-7-8-20-22(14(18)2)24-25-26(20)3;/h5-8,11,19,23H,4,9-10,12-13H2,1-3H3;1H. The fraction of sp³-hybridized carbons (Fsp3) is 0.409. The Morgan fingerprint density at radius 1 is 1.28 bits per heavy atom. The van der Waals surface area contributed by atoms with E-state index < -0.39 is 0 Å². The maximum Gasteiger partial charge on any atom is 0.306 e. The summed E-state index contributed by atoms with van der Waals surface area (Å²) in [6.07, 6.45) is 1.36. The van der Waals surface area contributed by atoms with Crippen molar-refractivity contribution in [3.05, 3.63) is 58.1 Å². The van der Waals surface area contributed by atoms with Crippen molar-refractivity contribution in [2.75, 3.05) is 13.2 Å². The van der Waals surface area contributed by atoms with E-state index in [2.05, 4.69) is 46.8 Å². The van der Waals surface area contributed by atoms with E-state index >= 15 is 0 Å². The van der Waals surface area contributed by atoms with Crippen molar-refractivity contribution >= 4 is 29.4 Å². The summed E-state index contributed by atoms with van der Waals surface area (Å²) < 4.78 is 7.05. The van der Waals surface area contributed by atoms with Crippen LogP contribution in [0.15, 0.2) is 30.3 Å². The van der Waals surface area contributed by atoms with E-state index in [0.29, 0.717) is 13.0 Å². The molecule has 2 aromatic carbocycles. The third-order valence-electron chi connectivity index (χ3n) is 5.65. The van der Waals surface area contributed by atoms with E-state index in [1.807, 2.05) is 20.0 Å². The number of ether oxygens (including phenoxy) is 1. The molecule has 2 heterocycles. The van der Waals surface area contributed by atoms with Gasteiger partial charge in [0.15, 0.2) is 0 Å². The third kappa shape index (κ3) is 4.14. The Morgan fingerprint density at radius 3 is 2.90 bits per heavy atom. The molecule has 0 amide bonds. The predicted molar refractivity (Wildman–Crippen MR) is 115 cm³/mol. The lowest BCUT2D eigenvalue weighted by Gasteiger charge is -2.23. The van der Waals surface area contributed by atoms with E-state index in [9.17, 15) is 4.79 Å². The van der Waals surface area contributed by atoms with Gasteiger partial charge in [-0.2, -0.15) is 0 Å². The second-order valence-corrected chi connectivity index (χ2v) is 7.38. The zero-order valence-corrected chi connectivity index (χ0v) is 17.9. The van der Waals surface area contributed by atoms with Gasteiger partial charge in [-0.25, -0.2) is 4.68 Å². The number of rotatable bonds is 5. The first-order valence-corrected chi connectivity index (χ1v) is 9.85. The first kappa shape index (κ1) is 21.3. The molecular weight excluding hydrogens is 388 g/mol. The van der Waals surface area contributed by atoms with Crippen LogP contribution in [0.4, 0.5) is 0 Å². The minimum absolute atomic E-state index is 0. The number of nitrogens with one attached hydrogen (secondary N) is 1. The summed E-state index contributed by atoms with van der Waals surface area (Å²) in [5.74, 6) is -0.250. The highest BCUT2D eigenvalue weighted by atomic mass is 35.5. The zero-order valence-electron chi connectivity index (χ0n) is 17.1. The molecule has 1 aromatic heterocycles. The summed E-state index contributed by atoms with van der Waals surface area (Å²) in [5.41, 5.74) is 7.89. The predicted octanol–water partition coefficient (Wildman–Crippen LogP) is 3.43. The quantitative estimate of drug-likeness (QED) is 0.648. The van der Waals surface area contributed by atoms with Gasteiger partial charge in [0.1, 0.15) is 5.52 Å². The average Bonchev–Trinajstić information content (AvgIpc) is 3.08. The molecule has 1 unspecified atom stereocenters. The number of benzene rings is 2. The summed E-state index contributed by atoms with van der Waals surface area (Å²) in [6.45, 7) is 6.18. The number of fused-ring (bicyclic) bond motifs is 2. The highest BCUT2D eigenvalue weighted by Crippen LogP contribution is 2.34. The number of esters is 1. The smallest absolute Gasteiger partial charge is 0.306 e. The lowest BCUT2D eigenvalue weighted by atomic mass is 9.83. The molecule has 3 aromatic rings. The molecule has 1 aliphatic rings.